The third-order valence-corrected chi connectivity index (χ3v) is 4.48. The number of carbonyl (C=O) groups is 2. The molecule has 24 heavy (non-hydrogen) atoms. The number of carbonyl (C=O) groups excluding carboxylic acids is 2. The van der Waals surface area contributed by atoms with E-state index in [4.69, 9.17) is 4.74 Å². The van der Waals surface area contributed by atoms with Crippen LogP contribution in [-0.2, 0) is 19.1 Å². The number of ether oxygens (including phenoxy) is 2. The minimum Gasteiger partial charge on any atom is -0.469 e. The third-order valence-electron chi connectivity index (χ3n) is 4.48. The molecule has 4 nitrogen and oxygen atoms in total. The molecule has 0 saturated carbocycles. The van der Waals surface area contributed by atoms with Crippen LogP contribution in [0, 0.1) is 0 Å². The first-order valence-corrected chi connectivity index (χ1v) is 9.75. The molecule has 4 heteroatoms. The molecule has 0 radical (unpaired) electrons. The van der Waals surface area contributed by atoms with Gasteiger partial charge in [-0.25, -0.2) is 0 Å². The Morgan fingerprint density at radius 3 is 2.00 bits per heavy atom. The summed E-state index contributed by atoms with van der Waals surface area (Å²) in [4.78, 5) is 23.0. The highest BCUT2D eigenvalue weighted by atomic mass is 16.5. The lowest BCUT2D eigenvalue weighted by atomic mass is 10.0. The Hall–Kier alpha value is -0.900. The van der Waals surface area contributed by atoms with Crippen LogP contribution in [0.4, 0.5) is 0 Å². The number of ketones is 1. The quantitative estimate of drug-likeness (QED) is 0.268. The molecular weight excluding hydrogens is 304 g/mol. The fraction of sp³-hybridized carbons (Fsp3) is 0.900. The van der Waals surface area contributed by atoms with Crippen molar-refractivity contribution < 1.29 is 19.1 Å². The Morgan fingerprint density at radius 2 is 1.38 bits per heavy atom. The van der Waals surface area contributed by atoms with Gasteiger partial charge in [-0.1, -0.05) is 58.3 Å². The van der Waals surface area contributed by atoms with E-state index in [0.717, 1.165) is 44.9 Å². The van der Waals surface area contributed by atoms with Crippen molar-refractivity contribution in [1.82, 2.24) is 0 Å². The maximum atomic E-state index is 12.0. The number of hydrogen-bond donors (Lipinski definition) is 0. The molecule has 0 aromatic carbocycles. The zero-order valence-electron chi connectivity index (χ0n) is 16.1. The Labute approximate surface area is 148 Å². The smallest absolute Gasteiger partial charge is 0.305 e. The molecule has 1 unspecified atom stereocenters. The van der Waals surface area contributed by atoms with Gasteiger partial charge >= 0.3 is 5.97 Å². The second-order valence-corrected chi connectivity index (χ2v) is 6.65. The molecule has 142 valence electrons. The van der Waals surface area contributed by atoms with Crippen LogP contribution in [0.25, 0.3) is 0 Å². The normalized spacial score (nSPS) is 12.1. The lowest BCUT2D eigenvalue weighted by Crippen LogP contribution is -2.16. The van der Waals surface area contributed by atoms with Crippen LogP contribution in [0.5, 0.6) is 0 Å². The van der Waals surface area contributed by atoms with Gasteiger partial charge in [-0.05, 0) is 19.3 Å². The summed E-state index contributed by atoms with van der Waals surface area (Å²) < 4.78 is 10.1. The molecule has 0 heterocycles. The average molecular weight is 343 g/mol. The minimum atomic E-state index is -0.134. The number of esters is 1. The number of Topliss-reactive ketones (excluding diaryl/α,β-unsaturated/α-hetero) is 1. The lowest BCUT2D eigenvalue weighted by molar-refractivity contribution is -0.140. The van der Waals surface area contributed by atoms with Crippen LogP contribution in [0.15, 0.2) is 0 Å². The number of rotatable bonds is 17. The van der Waals surface area contributed by atoms with Crippen LogP contribution < -0.4 is 0 Å². The van der Waals surface area contributed by atoms with E-state index in [-0.39, 0.29) is 12.1 Å². The van der Waals surface area contributed by atoms with E-state index in [1.54, 1.807) is 7.11 Å². The first kappa shape index (κ1) is 23.1. The van der Waals surface area contributed by atoms with Crippen molar-refractivity contribution in [2.45, 2.75) is 103 Å². The Kier molecular flexibility index (Phi) is 16.3. The Bertz CT molecular complexity index is 315. The largest absolute Gasteiger partial charge is 0.469 e. The van der Waals surface area contributed by atoms with E-state index in [2.05, 4.69) is 11.7 Å². The molecule has 0 aliphatic carbocycles. The molecule has 0 aliphatic rings. The Morgan fingerprint density at radius 1 is 0.792 bits per heavy atom. The number of methoxy groups -OCH3 is 2. The SMILES string of the molecule is CCCCCCCC(CC(=O)CCCCCCCC(=O)OC)OC. The predicted octanol–water partition coefficient (Wildman–Crippen LogP) is 5.22. The zero-order valence-corrected chi connectivity index (χ0v) is 16.1. The second kappa shape index (κ2) is 16.9. The van der Waals surface area contributed by atoms with Gasteiger partial charge in [0.25, 0.3) is 0 Å². The molecule has 0 bridgehead atoms. The summed E-state index contributed by atoms with van der Waals surface area (Å²) in [5.74, 6) is 0.190. The molecular formula is C20H38O4. The molecule has 0 aromatic heterocycles. The molecule has 0 spiro atoms. The third kappa shape index (κ3) is 14.7. The molecule has 0 amide bonds. The number of hydrogen-bond acceptors (Lipinski definition) is 4. The van der Waals surface area contributed by atoms with Crippen molar-refractivity contribution >= 4 is 11.8 Å². The fourth-order valence-electron chi connectivity index (χ4n) is 2.86. The van der Waals surface area contributed by atoms with Gasteiger partial charge in [0.1, 0.15) is 5.78 Å². The van der Waals surface area contributed by atoms with E-state index in [1.807, 2.05) is 0 Å². The fourth-order valence-corrected chi connectivity index (χ4v) is 2.86. The van der Waals surface area contributed by atoms with Crippen molar-refractivity contribution in [2.75, 3.05) is 14.2 Å². The monoisotopic (exact) mass is 342 g/mol. The van der Waals surface area contributed by atoms with Gasteiger partial charge in [0.05, 0.1) is 13.2 Å². The molecule has 0 aliphatic heterocycles. The summed E-state index contributed by atoms with van der Waals surface area (Å²) in [5, 5.41) is 0. The average Bonchev–Trinajstić information content (AvgIpc) is 2.59. The van der Waals surface area contributed by atoms with E-state index in [9.17, 15) is 9.59 Å². The summed E-state index contributed by atoms with van der Waals surface area (Å²) in [6, 6.07) is 0. The van der Waals surface area contributed by atoms with E-state index in [1.165, 1.54) is 32.8 Å². The van der Waals surface area contributed by atoms with Gasteiger partial charge in [-0.3, -0.25) is 9.59 Å². The summed E-state index contributed by atoms with van der Waals surface area (Å²) in [6.45, 7) is 2.22. The zero-order chi connectivity index (χ0) is 18.0. The maximum absolute atomic E-state index is 12.0. The van der Waals surface area contributed by atoms with Crippen molar-refractivity contribution in [3.63, 3.8) is 0 Å². The summed E-state index contributed by atoms with van der Waals surface area (Å²) in [6.07, 6.45) is 14.1. The Balaban J connectivity index is 3.55. The second-order valence-electron chi connectivity index (χ2n) is 6.65. The van der Waals surface area contributed by atoms with Gasteiger partial charge in [-0.15, -0.1) is 0 Å². The van der Waals surface area contributed by atoms with Gasteiger partial charge < -0.3 is 9.47 Å². The van der Waals surface area contributed by atoms with Gasteiger partial charge in [0, 0.05) is 26.4 Å². The van der Waals surface area contributed by atoms with E-state index < -0.39 is 0 Å². The highest BCUT2D eigenvalue weighted by Crippen LogP contribution is 2.14. The summed E-state index contributed by atoms with van der Waals surface area (Å²) in [5.41, 5.74) is 0. The van der Waals surface area contributed by atoms with E-state index in [0.29, 0.717) is 25.0 Å². The summed E-state index contributed by atoms with van der Waals surface area (Å²) >= 11 is 0. The maximum Gasteiger partial charge on any atom is 0.305 e. The highest BCUT2D eigenvalue weighted by Gasteiger charge is 2.12. The molecule has 0 fully saturated rings. The van der Waals surface area contributed by atoms with Crippen LogP contribution in [0.2, 0.25) is 0 Å². The van der Waals surface area contributed by atoms with Crippen molar-refractivity contribution in [1.29, 1.82) is 0 Å². The van der Waals surface area contributed by atoms with Crippen LogP contribution in [-0.4, -0.2) is 32.1 Å². The topological polar surface area (TPSA) is 52.6 Å². The lowest BCUT2D eigenvalue weighted by Gasteiger charge is -2.14. The van der Waals surface area contributed by atoms with Crippen LogP contribution >= 0.6 is 0 Å². The molecule has 0 rings (SSSR count). The number of unbranched alkanes of at least 4 members (excludes halogenated alkanes) is 8. The van der Waals surface area contributed by atoms with Gasteiger partial charge in [-0.2, -0.15) is 0 Å². The van der Waals surface area contributed by atoms with Gasteiger partial charge in [0.2, 0.25) is 0 Å². The first-order chi connectivity index (χ1) is 11.6. The van der Waals surface area contributed by atoms with E-state index >= 15 is 0 Å². The van der Waals surface area contributed by atoms with Crippen LogP contribution in [0.1, 0.15) is 96.8 Å². The standard InChI is InChI=1S/C20H38O4/c1-4-5-6-8-12-15-19(23-2)17-18(21)14-11-9-7-10-13-16-20(22)24-3/h19H,4-17H2,1-3H3. The van der Waals surface area contributed by atoms with Crippen molar-refractivity contribution in [3.8, 4) is 0 Å². The van der Waals surface area contributed by atoms with Crippen molar-refractivity contribution in [3.05, 3.63) is 0 Å². The van der Waals surface area contributed by atoms with Crippen molar-refractivity contribution in [2.24, 2.45) is 0 Å². The highest BCUT2D eigenvalue weighted by molar-refractivity contribution is 5.78. The summed E-state index contributed by atoms with van der Waals surface area (Å²) in [7, 11) is 3.14. The molecule has 0 N–H and O–H groups in total. The molecule has 0 aromatic rings. The minimum absolute atomic E-state index is 0.0965. The first-order valence-electron chi connectivity index (χ1n) is 9.75. The predicted molar refractivity (Wildman–Crippen MR) is 98.1 cm³/mol. The van der Waals surface area contributed by atoms with Gasteiger partial charge in [0.15, 0.2) is 0 Å². The molecule has 1 atom stereocenters. The van der Waals surface area contributed by atoms with Crippen LogP contribution in [0.3, 0.4) is 0 Å². The molecule has 0 saturated heterocycles.